The normalized spacial score (nSPS) is 17.1. The Labute approximate surface area is 137 Å². The first-order valence-electron chi connectivity index (χ1n) is 6.69. The van der Waals surface area contributed by atoms with Crippen LogP contribution < -0.4 is 10.0 Å². The van der Waals surface area contributed by atoms with Gasteiger partial charge in [0.1, 0.15) is 16.8 Å². The number of amides is 1. The van der Waals surface area contributed by atoms with Crippen molar-refractivity contribution < 1.29 is 17.6 Å². The van der Waals surface area contributed by atoms with Crippen LogP contribution in [0, 0.1) is 5.82 Å². The molecular weight excluding hydrogens is 343 g/mol. The molecule has 0 saturated heterocycles. The van der Waals surface area contributed by atoms with E-state index in [1.54, 1.807) is 24.3 Å². The van der Waals surface area contributed by atoms with Gasteiger partial charge >= 0.3 is 0 Å². The van der Waals surface area contributed by atoms with Crippen LogP contribution in [-0.4, -0.2) is 20.4 Å². The van der Waals surface area contributed by atoms with Gasteiger partial charge in [-0.15, -0.1) is 0 Å². The molecule has 0 aliphatic carbocycles. The number of carbonyl (C=O) groups excluding carboxylic acids is 1. The maximum Gasteiger partial charge on any atom is 0.266 e. The summed E-state index contributed by atoms with van der Waals surface area (Å²) in [6.45, 7) is 0. The Bertz CT molecular complexity index is 901. The van der Waals surface area contributed by atoms with E-state index in [0.717, 1.165) is 22.5 Å². The molecule has 2 aromatic carbocycles. The number of benzene rings is 2. The van der Waals surface area contributed by atoms with Gasteiger partial charge in [0.25, 0.3) is 10.0 Å². The molecule has 0 bridgehead atoms. The van der Waals surface area contributed by atoms with Crippen molar-refractivity contribution in [3.05, 3.63) is 58.9 Å². The highest BCUT2D eigenvalue weighted by molar-refractivity contribution is 7.93. The third kappa shape index (κ3) is 2.55. The first-order chi connectivity index (χ1) is 10.8. The lowest BCUT2D eigenvalue weighted by Gasteiger charge is -2.25. The number of hydrogen-bond acceptors (Lipinski definition) is 3. The molecule has 1 aliphatic heterocycles. The molecule has 1 amide bonds. The topological polar surface area (TPSA) is 80.5 Å². The minimum Gasteiger partial charge on any atom is -0.368 e. The number of halogens is 2. The summed E-state index contributed by atoms with van der Waals surface area (Å²) in [6, 6.07) is 8.65. The summed E-state index contributed by atoms with van der Waals surface area (Å²) >= 11 is 5.92. The second-order valence-electron chi connectivity index (χ2n) is 5.13. The predicted octanol–water partition coefficient (Wildman–Crippen LogP) is 2.08. The van der Waals surface area contributed by atoms with Crippen molar-refractivity contribution in [2.24, 2.45) is 5.73 Å². The zero-order chi connectivity index (χ0) is 16.8. The van der Waals surface area contributed by atoms with E-state index in [2.05, 4.69) is 0 Å². The molecule has 23 heavy (non-hydrogen) atoms. The lowest BCUT2D eigenvalue weighted by atomic mass is 10.1. The number of sulfonamides is 1. The van der Waals surface area contributed by atoms with Crippen molar-refractivity contribution in [3.8, 4) is 0 Å². The molecule has 0 radical (unpaired) electrons. The van der Waals surface area contributed by atoms with E-state index in [4.69, 9.17) is 17.3 Å². The van der Waals surface area contributed by atoms with E-state index in [1.165, 1.54) is 0 Å². The molecule has 3 rings (SSSR count). The Morgan fingerprint density at radius 3 is 2.65 bits per heavy atom. The van der Waals surface area contributed by atoms with Crippen molar-refractivity contribution in [1.82, 2.24) is 0 Å². The largest absolute Gasteiger partial charge is 0.368 e. The van der Waals surface area contributed by atoms with Crippen molar-refractivity contribution in [3.63, 3.8) is 0 Å². The summed E-state index contributed by atoms with van der Waals surface area (Å²) < 4.78 is 40.3. The third-order valence-electron chi connectivity index (χ3n) is 3.68. The van der Waals surface area contributed by atoms with Crippen LogP contribution in [0.2, 0.25) is 5.02 Å². The lowest BCUT2D eigenvalue weighted by Crippen LogP contribution is -2.46. The molecule has 0 fully saturated rings. The zero-order valence-corrected chi connectivity index (χ0v) is 13.3. The van der Waals surface area contributed by atoms with Crippen LogP contribution in [-0.2, 0) is 21.2 Å². The van der Waals surface area contributed by atoms with E-state index >= 15 is 0 Å². The SMILES string of the molecule is NC(=O)[C@@H]1Cc2ccccc2N1S(=O)(=O)c1cc(F)ccc1Cl. The molecule has 0 unspecified atom stereocenters. The summed E-state index contributed by atoms with van der Waals surface area (Å²) in [7, 11) is -4.24. The summed E-state index contributed by atoms with van der Waals surface area (Å²) in [6.07, 6.45) is 0.164. The van der Waals surface area contributed by atoms with Gasteiger partial charge in [0.15, 0.2) is 0 Å². The predicted molar refractivity (Wildman–Crippen MR) is 84.2 cm³/mol. The number of fused-ring (bicyclic) bond motifs is 1. The van der Waals surface area contributed by atoms with Gasteiger partial charge in [-0.1, -0.05) is 29.8 Å². The monoisotopic (exact) mass is 354 g/mol. The molecule has 2 aromatic rings. The molecule has 5 nitrogen and oxygen atoms in total. The van der Waals surface area contributed by atoms with Gasteiger partial charge in [-0.3, -0.25) is 9.10 Å². The van der Waals surface area contributed by atoms with E-state index < -0.39 is 32.7 Å². The van der Waals surface area contributed by atoms with Crippen molar-refractivity contribution >= 4 is 33.2 Å². The lowest BCUT2D eigenvalue weighted by molar-refractivity contribution is -0.118. The number of anilines is 1. The number of nitrogens with zero attached hydrogens (tertiary/aromatic N) is 1. The van der Waals surface area contributed by atoms with E-state index in [-0.39, 0.29) is 11.4 Å². The molecule has 120 valence electrons. The smallest absolute Gasteiger partial charge is 0.266 e. The van der Waals surface area contributed by atoms with Crippen LogP contribution in [0.5, 0.6) is 0 Å². The highest BCUT2D eigenvalue weighted by Gasteiger charge is 2.42. The standard InChI is InChI=1S/C15H12ClFN2O3S/c16-11-6-5-10(17)8-14(11)23(21,22)19-12-4-2-1-3-9(12)7-13(19)15(18)20/h1-6,8,13H,7H2,(H2,18,20)/t13-/m0/s1. The number of para-hydroxylation sites is 1. The highest BCUT2D eigenvalue weighted by Crippen LogP contribution is 2.38. The summed E-state index contributed by atoms with van der Waals surface area (Å²) in [5.41, 5.74) is 6.38. The van der Waals surface area contributed by atoms with Gasteiger partial charge in [0.2, 0.25) is 5.91 Å². The fourth-order valence-electron chi connectivity index (χ4n) is 2.65. The number of rotatable bonds is 3. The van der Waals surface area contributed by atoms with E-state index in [9.17, 15) is 17.6 Å². The van der Waals surface area contributed by atoms with Gasteiger partial charge < -0.3 is 5.73 Å². The van der Waals surface area contributed by atoms with Gasteiger partial charge in [0.05, 0.1) is 10.7 Å². The Balaban J connectivity index is 2.21. The Morgan fingerprint density at radius 1 is 1.26 bits per heavy atom. The molecule has 0 spiro atoms. The fourth-order valence-corrected chi connectivity index (χ4v) is 4.80. The quantitative estimate of drug-likeness (QED) is 0.916. The average Bonchev–Trinajstić information content (AvgIpc) is 2.90. The van der Waals surface area contributed by atoms with Crippen LogP contribution >= 0.6 is 11.6 Å². The molecule has 1 atom stereocenters. The Kier molecular flexibility index (Phi) is 3.77. The zero-order valence-electron chi connectivity index (χ0n) is 11.7. The van der Waals surface area contributed by atoms with E-state index in [0.29, 0.717) is 11.3 Å². The maximum absolute atomic E-state index is 13.5. The first kappa shape index (κ1) is 15.8. The van der Waals surface area contributed by atoms with E-state index in [1.807, 2.05) is 0 Å². The summed E-state index contributed by atoms with van der Waals surface area (Å²) in [4.78, 5) is 11.3. The molecule has 0 aromatic heterocycles. The minimum absolute atomic E-state index is 0.126. The van der Waals surface area contributed by atoms with Gasteiger partial charge in [-0.25, -0.2) is 12.8 Å². The molecule has 0 saturated carbocycles. The van der Waals surface area contributed by atoms with Crippen molar-refractivity contribution in [2.45, 2.75) is 17.4 Å². The summed E-state index contributed by atoms with van der Waals surface area (Å²) in [5, 5.41) is -0.126. The van der Waals surface area contributed by atoms with Crippen molar-refractivity contribution in [2.75, 3.05) is 4.31 Å². The molecule has 1 aliphatic rings. The van der Waals surface area contributed by atoms with Crippen LogP contribution in [0.25, 0.3) is 0 Å². The fraction of sp³-hybridized carbons (Fsp3) is 0.133. The van der Waals surface area contributed by atoms with Crippen LogP contribution in [0.15, 0.2) is 47.4 Å². The molecule has 2 N–H and O–H groups in total. The highest BCUT2D eigenvalue weighted by atomic mass is 35.5. The summed E-state index contributed by atoms with van der Waals surface area (Å²) in [5.74, 6) is -1.52. The average molecular weight is 355 g/mol. The molecule has 1 heterocycles. The van der Waals surface area contributed by atoms with Gasteiger partial charge in [-0.2, -0.15) is 0 Å². The number of primary amides is 1. The number of nitrogens with two attached hydrogens (primary N) is 1. The molecule has 8 heteroatoms. The third-order valence-corrected chi connectivity index (χ3v) is 5.99. The Hall–Kier alpha value is -2.12. The van der Waals surface area contributed by atoms with Crippen LogP contribution in [0.3, 0.4) is 0 Å². The minimum atomic E-state index is -4.24. The molecular formula is C15H12ClFN2O3S. The maximum atomic E-state index is 13.5. The van der Waals surface area contributed by atoms with Crippen LogP contribution in [0.4, 0.5) is 10.1 Å². The van der Waals surface area contributed by atoms with Crippen molar-refractivity contribution in [1.29, 1.82) is 0 Å². The van der Waals surface area contributed by atoms with Gasteiger partial charge in [-0.05, 0) is 29.8 Å². The first-order valence-corrected chi connectivity index (χ1v) is 8.51. The second-order valence-corrected chi connectivity index (χ2v) is 7.32. The second kappa shape index (κ2) is 5.50. The Morgan fingerprint density at radius 2 is 1.96 bits per heavy atom. The van der Waals surface area contributed by atoms with Gasteiger partial charge in [0, 0.05) is 6.42 Å². The number of carbonyl (C=O) groups is 1. The van der Waals surface area contributed by atoms with Crippen LogP contribution in [0.1, 0.15) is 5.56 Å². The number of hydrogen-bond donors (Lipinski definition) is 1.